The first-order chi connectivity index (χ1) is 18.4. The van der Waals surface area contributed by atoms with Crippen LogP contribution >= 0.6 is 23.8 Å². The second-order valence-electron chi connectivity index (χ2n) is 11.5. The first-order valence-electron chi connectivity index (χ1n) is 14.2. The van der Waals surface area contributed by atoms with Crippen molar-refractivity contribution in [1.29, 1.82) is 0 Å². The molecule has 0 saturated carbocycles. The molecule has 0 radical (unpaired) electrons. The minimum atomic E-state index is -0.0861. The van der Waals surface area contributed by atoms with Crippen molar-refractivity contribution < 1.29 is 4.74 Å². The molecule has 0 aliphatic carbocycles. The van der Waals surface area contributed by atoms with Crippen molar-refractivity contribution in [1.82, 2.24) is 15.3 Å². The predicted octanol–water partition coefficient (Wildman–Crippen LogP) is 5.64. The smallest absolute Gasteiger partial charge is 0.232 e. The Bertz CT molecular complexity index is 1100. The highest BCUT2D eigenvalue weighted by atomic mass is 35.5. The normalized spacial score (nSPS) is 22.2. The standard InChI is InChI=1S/C29H41ClN6OS/c1-21-8-13-35(14-9-21)25-18-26(36-12-4-5-22(2)19-36)33-27(32-25)34-28(38)31-20-29(10-15-37-16-11-29)23-6-3-7-24(30)17-23/h3,6-7,17-18,21-22H,4-5,8-16,19-20H2,1-2H3,(H2,31,32,33,34,38). The molecule has 1 aromatic heterocycles. The molecular weight excluding hydrogens is 516 g/mol. The molecule has 3 aliphatic heterocycles. The first kappa shape index (κ1) is 27.4. The molecule has 2 aromatic rings. The Balaban J connectivity index is 1.32. The van der Waals surface area contributed by atoms with Gasteiger partial charge in [0.2, 0.25) is 5.95 Å². The lowest BCUT2D eigenvalue weighted by molar-refractivity contribution is 0.0515. The summed E-state index contributed by atoms with van der Waals surface area (Å²) in [4.78, 5) is 14.7. The van der Waals surface area contributed by atoms with E-state index in [1.165, 1.54) is 31.2 Å². The van der Waals surface area contributed by atoms with Crippen LogP contribution in [-0.4, -0.2) is 61.0 Å². The highest BCUT2D eigenvalue weighted by Crippen LogP contribution is 2.35. The fraction of sp³-hybridized carbons (Fsp3) is 0.621. The summed E-state index contributed by atoms with van der Waals surface area (Å²) in [6, 6.07) is 10.4. The third-order valence-corrected chi connectivity index (χ3v) is 8.97. The van der Waals surface area contributed by atoms with Gasteiger partial charge in [0.05, 0.1) is 0 Å². The molecule has 3 fully saturated rings. The van der Waals surface area contributed by atoms with Gasteiger partial charge in [0.1, 0.15) is 11.6 Å². The molecule has 2 N–H and O–H groups in total. The Hall–Kier alpha value is -2.16. The molecule has 4 heterocycles. The van der Waals surface area contributed by atoms with Gasteiger partial charge in [-0.1, -0.05) is 37.6 Å². The molecule has 1 aromatic carbocycles. The number of anilines is 3. The SMILES string of the molecule is CC1CCN(c2cc(N3CCCC(C)C3)nc(NC(=S)NCC3(c4cccc(Cl)c4)CCOCC3)n2)CC1. The Kier molecular flexibility index (Phi) is 8.91. The van der Waals surface area contributed by atoms with Crippen LogP contribution in [0.25, 0.3) is 0 Å². The summed E-state index contributed by atoms with van der Waals surface area (Å²) in [6.07, 6.45) is 6.69. The lowest BCUT2D eigenvalue weighted by atomic mass is 9.74. The van der Waals surface area contributed by atoms with Crippen LogP contribution in [0.15, 0.2) is 30.3 Å². The van der Waals surface area contributed by atoms with E-state index in [1.54, 1.807) is 0 Å². The zero-order valence-electron chi connectivity index (χ0n) is 22.7. The van der Waals surface area contributed by atoms with Crippen LogP contribution in [-0.2, 0) is 10.2 Å². The average Bonchev–Trinajstić information content (AvgIpc) is 2.93. The molecule has 1 atom stereocenters. The van der Waals surface area contributed by atoms with E-state index < -0.39 is 0 Å². The summed E-state index contributed by atoms with van der Waals surface area (Å²) in [7, 11) is 0. The van der Waals surface area contributed by atoms with Crippen LogP contribution in [0.2, 0.25) is 5.02 Å². The first-order valence-corrected chi connectivity index (χ1v) is 15.0. The number of hydrogen-bond acceptors (Lipinski definition) is 6. The number of nitrogens with zero attached hydrogens (tertiary/aromatic N) is 4. The van der Waals surface area contributed by atoms with Crippen molar-refractivity contribution in [3.63, 3.8) is 0 Å². The van der Waals surface area contributed by atoms with Gasteiger partial charge in [0.25, 0.3) is 0 Å². The third kappa shape index (κ3) is 6.69. The molecule has 0 bridgehead atoms. The molecule has 9 heteroatoms. The summed E-state index contributed by atoms with van der Waals surface area (Å²) in [5, 5.41) is 8.11. The predicted molar refractivity (Wildman–Crippen MR) is 161 cm³/mol. The molecule has 1 unspecified atom stereocenters. The number of thiocarbonyl (C=S) groups is 1. The van der Waals surface area contributed by atoms with Gasteiger partial charge >= 0.3 is 0 Å². The van der Waals surface area contributed by atoms with Gasteiger partial charge < -0.3 is 25.2 Å². The number of ether oxygens (including phenoxy) is 1. The van der Waals surface area contributed by atoms with Crippen LogP contribution in [0, 0.1) is 11.8 Å². The molecule has 7 nitrogen and oxygen atoms in total. The quantitative estimate of drug-likeness (QED) is 0.443. The lowest BCUT2D eigenvalue weighted by Crippen LogP contribution is -2.45. The third-order valence-electron chi connectivity index (χ3n) is 8.49. The molecule has 0 spiro atoms. The highest BCUT2D eigenvalue weighted by Gasteiger charge is 2.35. The second-order valence-corrected chi connectivity index (χ2v) is 12.3. The Labute approximate surface area is 237 Å². The van der Waals surface area contributed by atoms with Gasteiger partial charge in [0, 0.05) is 62.4 Å². The van der Waals surface area contributed by atoms with Crippen LogP contribution in [0.4, 0.5) is 17.6 Å². The van der Waals surface area contributed by atoms with Crippen molar-refractivity contribution in [3.8, 4) is 0 Å². The summed E-state index contributed by atoms with van der Waals surface area (Å²) in [5.41, 5.74) is 1.14. The Morgan fingerprint density at radius 2 is 1.76 bits per heavy atom. The van der Waals surface area contributed by atoms with Crippen LogP contribution in [0.5, 0.6) is 0 Å². The monoisotopic (exact) mass is 556 g/mol. The van der Waals surface area contributed by atoms with E-state index in [4.69, 9.17) is 38.5 Å². The van der Waals surface area contributed by atoms with E-state index in [2.05, 4.69) is 52.5 Å². The van der Waals surface area contributed by atoms with Gasteiger partial charge in [-0.05, 0) is 80.3 Å². The maximum atomic E-state index is 6.36. The number of benzene rings is 1. The summed E-state index contributed by atoms with van der Waals surface area (Å²) in [5.74, 6) is 3.98. The minimum Gasteiger partial charge on any atom is -0.381 e. The zero-order chi connectivity index (χ0) is 26.5. The van der Waals surface area contributed by atoms with E-state index in [1.807, 2.05) is 12.1 Å². The molecule has 0 amide bonds. The van der Waals surface area contributed by atoms with Gasteiger partial charge in [-0.3, -0.25) is 0 Å². The summed E-state index contributed by atoms with van der Waals surface area (Å²) >= 11 is 12.1. The molecule has 3 saturated heterocycles. The number of piperidine rings is 2. The molecule has 206 valence electrons. The van der Waals surface area contributed by atoms with Crippen LogP contribution in [0.3, 0.4) is 0 Å². The minimum absolute atomic E-state index is 0.0861. The number of nitrogens with one attached hydrogen (secondary N) is 2. The van der Waals surface area contributed by atoms with E-state index in [0.29, 0.717) is 23.5 Å². The van der Waals surface area contributed by atoms with Crippen molar-refractivity contribution in [2.75, 3.05) is 61.1 Å². The van der Waals surface area contributed by atoms with E-state index in [0.717, 1.165) is 74.8 Å². The molecular formula is C29H41ClN6OS. The van der Waals surface area contributed by atoms with Crippen molar-refractivity contribution in [3.05, 3.63) is 40.9 Å². The largest absolute Gasteiger partial charge is 0.381 e. The Morgan fingerprint density at radius 1 is 1.03 bits per heavy atom. The van der Waals surface area contributed by atoms with Crippen molar-refractivity contribution in [2.24, 2.45) is 11.8 Å². The van der Waals surface area contributed by atoms with E-state index in [-0.39, 0.29) is 5.41 Å². The van der Waals surface area contributed by atoms with Gasteiger partial charge in [-0.15, -0.1) is 0 Å². The molecule has 3 aliphatic rings. The maximum Gasteiger partial charge on any atom is 0.232 e. The number of halogens is 1. The summed E-state index contributed by atoms with van der Waals surface area (Å²) in [6.45, 7) is 10.9. The van der Waals surface area contributed by atoms with Crippen LogP contribution < -0.4 is 20.4 Å². The van der Waals surface area contributed by atoms with Crippen molar-refractivity contribution >= 4 is 46.5 Å². The topological polar surface area (TPSA) is 65.5 Å². The second kappa shape index (κ2) is 12.3. The van der Waals surface area contributed by atoms with Gasteiger partial charge in [-0.25, -0.2) is 0 Å². The highest BCUT2D eigenvalue weighted by molar-refractivity contribution is 7.80. The number of hydrogen-bond donors (Lipinski definition) is 2. The molecule has 38 heavy (non-hydrogen) atoms. The van der Waals surface area contributed by atoms with E-state index in [9.17, 15) is 0 Å². The fourth-order valence-corrected chi connectivity index (χ4v) is 6.33. The lowest BCUT2D eigenvalue weighted by Gasteiger charge is -2.38. The molecule has 5 rings (SSSR count). The van der Waals surface area contributed by atoms with Crippen LogP contribution in [0.1, 0.15) is 57.9 Å². The van der Waals surface area contributed by atoms with E-state index >= 15 is 0 Å². The number of aromatic nitrogens is 2. The maximum absolute atomic E-state index is 6.36. The summed E-state index contributed by atoms with van der Waals surface area (Å²) < 4.78 is 5.70. The van der Waals surface area contributed by atoms with Gasteiger partial charge in [0.15, 0.2) is 5.11 Å². The fourth-order valence-electron chi connectivity index (χ4n) is 5.98. The number of rotatable bonds is 6. The Morgan fingerprint density at radius 3 is 2.47 bits per heavy atom. The van der Waals surface area contributed by atoms with Crippen molar-refractivity contribution in [2.45, 2.75) is 57.8 Å². The van der Waals surface area contributed by atoms with Gasteiger partial charge in [-0.2, -0.15) is 9.97 Å². The zero-order valence-corrected chi connectivity index (χ0v) is 24.3. The average molecular weight is 557 g/mol.